The molecule has 20 heteroatoms. The summed E-state index contributed by atoms with van der Waals surface area (Å²) in [7, 11) is 7.52. The van der Waals surface area contributed by atoms with Crippen molar-refractivity contribution in [2.75, 3.05) is 52.4 Å². The average Bonchev–Trinajstić information content (AvgIpc) is 0.780. The van der Waals surface area contributed by atoms with Crippen molar-refractivity contribution in [3.63, 3.8) is 0 Å². The lowest BCUT2D eigenvalue weighted by Crippen LogP contribution is -2.43. The van der Waals surface area contributed by atoms with E-state index in [2.05, 4.69) is 227 Å². The van der Waals surface area contributed by atoms with Gasteiger partial charge in [0.1, 0.15) is 70.7 Å². The molecule has 4 saturated heterocycles. The number of aromatic nitrogens is 8. The van der Waals surface area contributed by atoms with Gasteiger partial charge in [0.15, 0.2) is 0 Å². The number of nitrogens with zero attached hydrogens (tertiary/aromatic N) is 12. The molecule has 0 bridgehead atoms. The summed E-state index contributed by atoms with van der Waals surface area (Å²) in [5.74, 6) is 11.8. The van der Waals surface area contributed by atoms with Crippen LogP contribution in [-0.2, 0) is 28.2 Å². The standard InChI is InChI=1S/4C31H43N3O2/c4*1-6-8-15-29(24-13-10-9-11-14-24)36-25-16-17-26-27(19-25)32-30(33(5)31(26)35)28(12-7-2)34-20-22(3)18-23(4)21-34/h4*9-11,13-14,16-17,19,22-23,28-29H,6-8,12,15,18,20-21H2,1-5H3/t2*22-,23+,28-,29+;2*22-,23+,28-,29-/m1010/s1. The fourth-order valence-electron chi connectivity index (χ4n) is 23.5. The van der Waals surface area contributed by atoms with E-state index in [1.54, 1.807) is 18.3 Å². The number of ether oxygens (including phenoxy) is 4. The molecule has 8 aromatic carbocycles. The van der Waals surface area contributed by atoms with Gasteiger partial charge in [0.25, 0.3) is 22.2 Å². The van der Waals surface area contributed by atoms with E-state index in [1.807, 2.05) is 125 Å². The Morgan fingerprint density at radius 1 is 0.250 bits per heavy atom. The summed E-state index contributed by atoms with van der Waals surface area (Å²) in [6.07, 6.45) is 25.9. The highest BCUT2D eigenvalue weighted by Crippen LogP contribution is 2.41. The van der Waals surface area contributed by atoms with Crippen LogP contribution in [0.3, 0.4) is 0 Å². The van der Waals surface area contributed by atoms with Crippen LogP contribution < -0.4 is 41.2 Å². The fourth-order valence-corrected chi connectivity index (χ4v) is 23.5. The molecular formula is C124H172N12O8. The topological polar surface area (TPSA) is 189 Å². The molecule has 12 aromatic rings. The Morgan fingerprint density at radius 3 is 0.597 bits per heavy atom. The van der Waals surface area contributed by atoms with E-state index in [0.717, 1.165) is 249 Å². The summed E-state index contributed by atoms with van der Waals surface area (Å²) in [6.45, 7) is 44.8. The molecule has 20 nitrogen and oxygen atoms in total. The van der Waals surface area contributed by atoms with Gasteiger partial charge < -0.3 is 18.9 Å². The van der Waals surface area contributed by atoms with Crippen molar-refractivity contribution in [3.05, 3.63) is 281 Å². The largest absolute Gasteiger partial charge is 0.486 e. The zero-order chi connectivity index (χ0) is 103. The number of hydrogen-bond donors (Lipinski definition) is 0. The van der Waals surface area contributed by atoms with Crippen LogP contribution in [0.5, 0.6) is 23.0 Å². The molecule has 0 aliphatic carbocycles. The van der Waals surface area contributed by atoms with Gasteiger partial charge in [-0.3, -0.25) is 57.0 Å². The molecule has 776 valence electrons. The van der Waals surface area contributed by atoms with Crippen molar-refractivity contribution < 1.29 is 18.9 Å². The van der Waals surface area contributed by atoms with E-state index in [4.69, 9.17) is 38.9 Å². The van der Waals surface area contributed by atoms with Gasteiger partial charge in [-0.25, -0.2) is 19.9 Å². The van der Waals surface area contributed by atoms with Crippen LogP contribution in [0.15, 0.2) is 213 Å². The van der Waals surface area contributed by atoms with Gasteiger partial charge in [-0.05, 0) is 221 Å². The molecule has 0 N–H and O–H groups in total. The van der Waals surface area contributed by atoms with Crippen LogP contribution in [-0.4, -0.2) is 110 Å². The molecule has 0 saturated carbocycles. The van der Waals surface area contributed by atoms with Crippen LogP contribution in [0.1, 0.15) is 359 Å². The van der Waals surface area contributed by atoms with E-state index in [-0.39, 0.29) is 70.8 Å². The van der Waals surface area contributed by atoms with Crippen LogP contribution >= 0.6 is 0 Å². The number of unbranched alkanes of at least 4 members (excludes halogenated alkanes) is 4. The average molecular weight is 1960 g/mol. The van der Waals surface area contributed by atoms with Gasteiger partial charge in [-0.1, -0.05) is 283 Å². The predicted molar refractivity (Wildman–Crippen MR) is 594 cm³/mol. The third kappa shape index (κ3) is 29.0. The summed E-state index contributed by atoms with van der Waals surface area (Å²) in [4.78, 5) is 84.5. The number of likely N-dealkylation sites (tertiary alicyclic amines) is 4. The molecule has 4 fully saturated rings. The van der Waals surface area contributed by atoms with E-state index in [9.17, 15) is 19.2 Å². The van der Waals surface area contributed by atoms with E-state index >= 15 is 0 Å². The quantitative estimate of drug-likeness (QED) is 0.0352. The second-order valence-electron chi connectivity index (χ2n) is 43.5. The molecule has 144 heavy (non-hydrogen) atoms. The predicted octanol–water partition coefficient (Wildman–Crippen LogP) is 28.3. The van der Waals surface area contributed by atoms with Gasteiger partial charge in [0.2, 0.25) is 0 Å². The molecule has 0 radical (unpaired) electrons. The molecule has 16 rings (SSSR count). The third-order valence-corrected chi connectivity index (χ3v) is 30.2. The second-order valence-corrected chi connectivity index (χ2v) is 43.5. The fraction of sp³-hybridized carbons (Fsp3) is 0.548. The zero-order valence-corrected chi connectivity index (χ0v) is 91.0. The Bertz CT molecular complexity index is 5470. The highest BCUT2D eigenvalue weighted by atomic mass is 16.5. The number of piperidine rings is 4. The van der Waals surface area contributed by atoms with Crippen molar-refractivity contribution in [1.82, 2.24) is 57.8 Å². The maximum Gasteiger partial charge on any atom is 0.261 e. The first-order valence-electron chi connectivity index (χ1n) is 55.5. The normalized spacial score (nSPS) is 20.4. The van der Waals surface area contributed by atoms with Crippen LogP contribution in [0, 0.1) is 47.3 Å². The Morgan fingerprint density at radius 2 is 0.431 bits per heavy atom. The molecule has 4 aromatic heterocycles. The van der Waals surface area contributed by atoms with E-state index < -0.39 is 0 Å². The molecular weight excluding hydrogens is 1790 g/mol. The second kappa shape index (κ2) is 54.2. The molecule has 0 spiro atoms. The number of hydrogen-bond acceptors (Lipinski definition) is 16. The minimum Gasteiger partial charge on any atom is -0.486 e. The van der Waals surface area contributed by atoms with E-state index in [1.165, 1.54) is 47.9 Å². The van der Waals surface area contributed by atoms with Gasteiger partial charge in [0, 0.05) is 105 Å². The SMILES string of the molecule is CCCC[C@@H](Oc1ccc2c(=O)n(C)c([C@@H](CCC)N3C[C@H](C)C[C@H](C)C3)nc2c1)c1ccccc1.CCCC[C@@H](Oc1ccc2c(=O)n(C)c([C@H](CCC)N3C[C@H](C)C[C@H](C)C3)nc2c1)c1ccccc1.CCCC[C@H](Oc1ccc2c(=O)n(C)c([C@@H](CCC)N3C[C@H](C)C[C@H](C)C3)nc2c1)c1ccccc1.CCCC[C@H](Oc1ccc2c(=O)n(C)c([C@H](CCC)N3C[C@H](C)C[C@H](C)C3)nc2c1)c1ccccc1. The summed E-state index contributed by atoms with van der Waals surface area (Å²) >= 11 is 0. The lowest BCUT2D eigenvalue weighted by Gasteiger charge is -2.40. The Kier molecular flexibility index (Phi) is 41.6. The number of fused-ring (bicyclic) bond motifs is 4. The van der Waals surface area contributed by atoms with Crippen molar-refractivity contribution in [2.24, 2.45) is 75.5 Å². The van der Waals surface area contributed by atoms with Crippen LogP contribution in [0.2, 0.25) is 0 Å². The van der Waals surface area contributed by atoms with E-state index in [0.29, 0.717) is 68.9 Å². The lowest BCUT2D eigenvalue weighted by atomic mass is 9.90. The molecule has 4 aliphatic rings. The number of benzene rings is 8. The first-order valence-corrected chi connectivity index (χ1v) is 55.5. The minimum atomic E-state index is -0.0150. The van der Waals surface area contributed by atoms with Crippen LogP contribution in [0.4, 0.5) is 0 Å². The summed E-state index contributed by atoms with van der Waals surface area (Å²) in [6, 6.07) is 65.3. The Hall–Kier alpha value is -10.6. The minimum absolute atomic E-state index is 0.0150. The van der Waals surface area contributed by atoms with Crippen molar-refractivity contribution in [2.45, 2.75) is 313 Å². The van der Waals surface area contributed by atoms with Crippen molar-refractivity contribution in [3.8, 4) is 23.0 Å². The molecule has 0 unspecified atom stereocenters. The molecule has 8 heterocycles. The highest BCUT2D eigenvalue weighted by Gasteiger charge is 2.37. The third-order valence-electron chi connectivity index (χ3n) is 30.2. The van der Waals surface area contributed by atoms with Crippen LogP contribution in [0.25, 0.3) is 43.6 Å². The summed E-state index contributed by atoms with van der Waals surface area (Å²) in [5.41, 5.74) is 7.72. The highest BCUT2D eigenvalue weighted by molar-refractivity contribution is 5.82. The van der Waals surface area contributed by atoms with Crippen molar-refractivity contribution >= 4 is 43.6 Å². The smallest absolute Gasteiger partial charge is 0.261 e. The Labute approximate surface area is 860 Å². The Balaban J connectivity index is 0.000000161. The maximum absolute atomic E-state index is 13.4. The number of rotatable bonds is 40. The molecule has 0 amide bonds. The summed E-state index contributed by atoms with van der Waals surface area (Å²) in [5, 5.41) is 2.59. The molecule has 16 atom stereocenters. The maximum atomic E-state index is 13.4. The van der Waals surface area contributed by atoms with Gasteiger partial charge in [-0.2, -0.15) is 0 Å². The zero-order valence-electron chi connectivity index (χ0n) is 91.0. The monoisotopic (exact) mass is 1960 g/mol. The van der Waals surface area contributed by atoms with Gasteiger partial charge in [-0.15, -0.1) is 0 Å². The van der Waals surface area contributed by atoms with Crippen molar-refractivity contribution in [1.29, 1.82) is 0 Å². The lowest BCUT2D eigenvalue weighted by molar-refractivity contribution is 0.0840. The van der Waals surface area contributed by atoms with Gasteiger partial charge >= 0.3 is 0 Å². The van der Waals surface area contributed by atoms with Gasteiger partial charge in [0.05, 0.1) is 67.8 Å². The first kappa shape index (κ1) is 111. The first-order chi connectivity index (χ1) is 69.6. The summed E-state index contributed by atoms with van der Waals surface area (Å²) < 4.78 is 33.2. The molecule has 4 aliphatic heterocycles.